The summed E-state index contributed by atoms with van der Waals surface area (Å²) in [5.74, 6) is 0. The number of amides is 1. The van der Waals surface area contributed by atoms with Crippen molar-refractivity contribution in [1.29, 1.82) is 0 Å². The number of alkyl halides is 3. The average molecular weight is 247 g/mol. The molecule has 0 aliphatic rings. The molecular weight excluding hydrogens is 247 g/mol. The van der Waals surface area contributed by atoms with Crippen LogP contribution >= 0.6 is 58.4 Å². The molecule has 0 heterocycles. The standard InChI is InChI=1S/C2Cl5NO2/c3-2(4,5)10-1(9)8(6)7. The van der Waals surface area contributed by atoms with Gasteiger partial charge in [-0.2, -0.15) is 0 Å². The molecule has 0 saturated carbocycles. The van der Waals surface area contributed by atoms with Gasteiger partial charge in [0, 0.05) is 23.6 Å². The highest BCUT2D eigenvalue weighted by Crippen LogP contribution is 2.28. The molecule has 0 atom stereocenters. The summed E-state index contributed by atoms with van der Waals surface area (Å²) in [5.41, 5.74) is 0. The molecule has 0 saturated heterocycles. The van der Waals surface area contributed by atoms with E-state index in [2.05, 4.69) is 4.74 Å². The molecule has 0 aliphatic carbocycles. The molecule has 0 spiro atoms. The Kier molecular flexibility index (Phi) is 4.21. The second-order valence-corrected chi connectivity index (χ2v) is 4.07. The molecule has 0 aliphatic heterocycles. The lowest BCUT2D eigenvalue weighted by Gasteiger charge is -2.12. The Morgan fingerprint density at radius 3 is 1.80 bits per heavy atom. The van der Waals surface area contributed by atoms with Crippen molar-refractivity contribution in [2.45, 2.75) is 3.98 Å². The lowest BCUT2D eigenvalue weighted by molar-refractivity contribution is 0.138. The number of hydrogen-bond donors (Lipinski definition) is 0. The quantitative estimate of drug-likeness (QED) is 0.486. The minimum absolute atomic E-state index is 0.0991. The number of hydrogen-bond acceptors (Lipinski definition) is 2. The molecule has 0 fully saturated rings. The highest BCUT2D eigenvalue weighted by molar-refractivity contribution is 6.66. The van der Waals surface area contributed by atoms with Crippen LogP contribution in [0.25, 0.3) is 0 Å². The number of carbonyl (C=O) groups excluding carboxylic acids is 1. The summed E-state index contributed by atoms with van der Waals surface area (Å²) in [5, 5.41) is 0. The van der Waals surface area contributed by atoms with E-state index in [4.69, 9.17) is 58.4 Å². The van der Waals surface area contributed by atoms with Crippen LogP contribution in [0, 0.1) is 0 Å². The molecule has 0 aromatic heterocycles. The van der Waals surface area contributed by atoms with Gasteiger partial charge in [0.1, 0.15) is 0 Å². The van der Waals surface area contributed by atoms with Gasteiger partial charge in [0.15, 0.2) is 0 Å². The largest absolute Gasteiger partial charge is 0.443 e. The second kappa shape index (κ2) is 3.93. The van der Waals surface area contributed by atoms with Crippen molar-refractivity contribution in [2.24, 2.45) is 0 Å². The van der Waals surface area contributed by atoms with Crippen LogP contribution in [0.4, 0.5) is 4.79 Å². The predicted octanol–water partition coefficient (Wildman–Crippen LogP) is 3.06. The summed E-state index contributed by atoms with van der Waals surface area (Å²) in [7, 11) is 0. The van der Waals surface area contributed by atoms with Crippen molar-refractivity contribution in [2.75, 3.05) is 0 Å². The van der Waals surface area contributed by atoms with Crippen LogP contribution in [0.15, 0.2) is 0 Å². The van der Waals surface area contributed by atoms with Gasteiger partial charge < -0.3 is 4.74 Å². The fraction of sp³-hybridized carbons (Fsp3) is 0.500. The Morgan fingerprint density at radius 2 is 1.70 bits per heavy atom. The van der Waals surface area contributed by atoms with Gasteiger partial charge in [-0.1, -0.05) is 0 Å². The highest BCUT2D eigenvalue weighted by Gasteiger charge is 2.27. The number of ether oxygens (including phenoxy) is 1. The molecule has 0 bridgehead atoms. The van der Waals surface area contributed by atoms with Crippen LogP contribution in [0.1, 0.15) is 0 Å². The van der Waals surface area contributed by atoms with Crippen LogP contribution in [-0.4, -0.2) is 14.0 Å². The first kappa shape index (κ1) is 10.7. The zero-order chi connectivity index (χ0) is 8.36. The Bertz CT molecular complexity index is 130. The lowest BCUT2D eigenvalue weighted by atomic mass is 11.2. The third-order valence-electron chi connectivity index (χ3n) is 0.341. The van der Waals surface area contributed by atoms with Gasteiger partial charge in [-0.05, 0) is 34.8 Å². The molecule has 0 radical (unpaired) electrons. The molecule has 0 N–H and O–H groups in total. The molecule has 3 nitrogen and oxygen atoms in total. The second-order valence-electron chi connectivity index (χ2n) is 1.05. The monoisotopic (exact) mass is 245 g/mol. The SMILES string of the molecule is O=C(OC(Cl)(Cl)Cl)N(Cl)Cl. The Hall–Kier alpha value is 0.720. The Labute approximate surface area is 81.9 Å². The minimum atomic E-state index is -2.14. The number of nitrogens with zero attached hydrogens (tertiary/aromatic N) is 1. The normalized spacial score (nSPS) is 10.9. The Balaban J connectivity index is 3.81. The first-order valence-corrected chi connectivity index (χ1v) is 3.55. The van der Waals surface area contributed by atoms with E-state index in [0.717, 1.165) is 0 Å². The summed E-state index contributed by atoms with van der Waals surface area (Å²) >= 11 is 24.8. The first-order chi connectivity index (χ1) is 4.33. The van der Waals surface area contributed by atoms with Crippen LogP contribution in [-0.2, 0) is 4.74 Å². The predicted molar refractivity (Wildman–Crippen MR) is 40.3 cm³/mol. The molecule has 1 amide bonds. The van der Waals surface area contributed by atoms with Gasteiger partial charge in [-0.25, -0.2) is 4.79 Å². The summed E-state index contributed by atoms with van der Waals surface area (Å²) in [6.07, 6.45) is -1.16. The van der Waals surface area contributed by atoms with E-state index in [-0.39, 0.29) is 3.94 Å². The summed E-state index contributed by atoms with van der Waals surface area (Å²) < 4.78 is 1.98. The number of halogens is 5. The molecule has 0 aromatic carbocycles. The third-order valence-corrected chi connectivity index (χ3v) is 0.849. The summed E-state index contributed by atoms with van der Waals surface area (Å²) in [4.78, 5) is 10.3. The van der Waals surface area contributed by atoms with Gasteiger partial charge in [-0.15, -0.1) is 3.94 Å². The molecule has 60 valence electrons. The van der Waals surface area contributed by atoms with Crippen molar-refractivity contribution in [1.82, 2.24) is 3.94 Å². The van der Waals surface area contributed by atoms with Gasteiger partial charge in [0.25, 0.3) is 0 Å². The molecule has 0 aromatic rings. The highest BCUT2D eigenvalue weighted by atomic mass is 35.6. The van der Waals surface area contributed by atoms with E-state index >= 15 is 0 Å². The van der Waals surface area contributed by atoms with Crippen LogP contribution in [0.3, 0.4) is 0 Å². The van der Waals surface area contributed by atoms with Crippen LogP contribution < -0.4 is 0 Å². The smallest absolute Gasteiger partial charge is 0.396 e. The maximum atomic E-state index is 10.3. The molecule has 8 heteroatoms. The average Bonchev–Trinajstić information content (AvgIpc) is 1.60. The van der Waals surface area contributed by atoms with Gasteiger partial charge in [-0.3, -0.25) is 0 Å². The van der Waals surface area contributed by atoms with E-state index in [0.29, 0.717) is 0 Å². The first-order valence-electron chi connectivity index (χ1n) is 1.74. The zero-order valence-electron chi connectivity index (χ0n) is 4.15. The lowest BCUT2D eigenvalue weighted by Crippen LogP contribution is -2.21. The van der Waals surface area contributed by atoms with Crippen molar-refractivity contribution < 1.29 is 9.53 Å². The van der Waals surface area contributed by atoms with Crippen LogP contribution in [0.2, 0.25) is 0 Å². The fourth-order valence-electron chi connectivity index (χ4n) is 0.134. The van der Waals surface area contributed by atoms with Gasteiger partial charge in [0.05, 0.1) is 0 Å². The van der Waals surface area contributed by atoms with E-state index < -0.39 is 10.1 Å². The molecule has 0 rings (SSSR count). The van der Waals surface area contributed by atoms with E-state index in [1.165, 1.54) is 0 Å². The van der Waals surface area contributed by atoms with Gasteiger partial charge >= 0.3 is 10.1 Å². The summed E-state index contributed by atoms with van der Waals surface area (Å²) in [6.45, 7) is 0. The van der Waals surface area contributed by atoms with E-state index in [1.807, 2.05) is 0 Å². The van der Waals surface area contributed by atoms with E-state index in [9.17, 15) is 4.79 Å². The molecular formula is C2Cl5NO2. The van der Waals surface area contributed by atoms with Crippen molar-refractivity contribution >= 4 is 64.4 Å². The van der Waals surface area contributed by atoms with Crippen LogP contribution in [0.5, 0.6) is 0 Å². The maximum Gasteiger partial charge on any atom is 0.443 e. The van der Waals surface area contributed by atoms with Crippen molar-refractivity contribution in [3.05, 3.63) is 0 Å². The molecule has 0 unspecified atom stereocenters. The van der Waals surface area contributed by atoms with Crippen molar-refractivity contribution in [3.63, 3.8) is 0 Å². The number of rotatable bonds is 0. The van der Waals surface area contributed by atoms with E-state index in [1.54, 1.807) is 0 Å². The fourth-order valence-corrected chi connectivity index (χ4v) is 0.401. The minimum Gasteiger partial charge on any atom is -0.396 e. The van der Waals surface area contributed by atoms with Gasteiger partial charge in [0.2, 0.25) is 0 Å². The molecule has 10 heavy (non-hydrogen) atoms. The third kappa shape index (κ3) is 5.50. The number of carbonyl (C=O) groups is 1. The topological polar surface area (TPSA) is 29.5 Å². The van der Waals surface area contributed by atoms with Crippen molar-refractivity contribution in [3.8, 4) is 0 Å². The maximum absolute atomic E-state index is 10.3. The Morgan fingerprint density at radius 1 is 1.30 bits per heavy atom. The zero-order valence-corrected chi connectivity index (χ0v) is 7.93. The summed E-state index contributed by atoms with van der Waals surface area (Å²) in [6, 6.07) is 0.